The van der Waals surface area contributed by atoms with E-state index in [1.54, 1.807) is 6.92 Å². The van der Waals surface area contributed by atoms with E-state index in [-0.39, 0.29) is 11.3 Å². The molecular formula is C25H32F2O. The highest BCUT2D eigenvalue weighted by Crippen LogP contribution is 2.41. The fraction of sp³-hybridized carbons (Fsp3) is 0.600. The smallest absolute Gasteiger partial charge is 0.201 e. The van der Waals surface area contributed by atoms with Crippen molar-refractivity contribution >= 4 is 0 Å². The van der Waals surface area contributed by atoms with Gasteiger partial charge in [-0.3, -0.25) is 0 Å². The maximum atomic E-state index is 14.2. The first-order chi connectivity index (χ1) is 13.6. The molecule has 0 bridgehead atoms. The Morgan fingerprint density at radius 1 is 0.964 bits per heavy atom. The van der Waals surface area contributed by atoms with E-state index < -0.39 is 11.6 Å². The molecule has 0 amide bonds. The molecule has 0 aromatic heterocycles. The van der Waals surface area contributed by atoms with Gasteiger partial charge in [-0.05, 0) is 95.1 Å². The fourth-order valence-electron chi connectivity index (χ4n) is 4.89. The van der Waals surface area contributed by atoms with E-state index in [4.69, 9.17) is 4.74 Å². The molecule has 0 unspecified atom stereocenters. The van der Waals surface area contributed by atoms with Gasteiger partial charge in [-0.2, -0.15) is 4.39 Å². The number of hydrogen-bond donors (Lipinski definition) is 0. The Hall–Kier alpha value is -1.82. The van der Waals surface area contributed by atoms with E-state index >= 15 is 0 Å². The summed E-state index contributed by atoms with van der Waals surface area (Å²) in [7, 11) is 0. The average molecular weight is 387 g/mol. The summed E-state index contributed by atoms with van der Waals surface area (Å²) in [6.07, 6.45) is 14.5. The number of benzene rings is 1. The molecule has 1 nitrogen and oxygen atoms in total. The van der Waals surface area contributed by atoms with Gasteiger partial charge in [0.15, 0.2) is 11.6 Å². The van der Waals surface area contributed by atoms with Gasteiger partial charge in [-0.25, -0.2) is 4.39 Å². The van der Waals surface area contributed by atoms with Crippen LogP contribution in [0.5, 0.6) is 5.75 Å². The minimum absolute atomic E-state index is 0.0461. The van der Waals surface area contributed by atoms with Crippen molar-refractivity contribution in [2.75, 3.05) is 6.61 Å². The summed E-state index contributed by atoms with van der Waals surface area (Å²) < 4.78 is 33.2. The van der Waals surface area contributed by atoms with Gasteiger partial charge in [0.25, 0.3) is 0 Å². The van der Waals surface area contributed by atoms with Crippen molar-refractivity contribution in [3.63, 3.8) is 0 Å². The van der Waals surface area contributed by atoms with Crippen LogP contribution in [-0.4, -0.2) is 6.61 Å². The SMILES string of the molecule is C/C=C/C1CCC(C2CCC(C#Cc3ccc(OCC)c(F)c3F)CC2)CC1. The summed E-state index contributed by atoms with van der Waals surface area (Å²) in [4.78, 5) is 0. The van der Waals surface area contributed by atoms with E-state index in [0.29, 0.717) is 12.5 Å². The summed E-state index contributed by atoms with van der Waals surface area (Å²) in [5.41, 5.74) is 0.130. The lowest BCUT2D eigenvalue weighted by atomic mass is 9.69. The van der Waals surface area contributed by atoms with Gasteiger partial charge in [-0.15, -0.1) is 0 Å². The van der Waals surface area contributed by atoms with Gasteiger partial charge in [0.1, 0.15) is 0 Å². The second-order valence-electron chi connectivity index (χ2n) is 8.25. The van der Waals surface area contributed by atoms with Crippen LogP contribution in [0.25, 0.3) is 0 Å². The van der Waals surface area contributed by atoms with Crippen LogP contribution < -0.4 is 4.74 Å². The molecule has 0 heterocycles. The van der Waals surface area contributed by atoms with Crippen LogP contribution in [0.2, 0.25) is 0 Å². The molecule has 3 heteroatoms. The second-order valence-corrected chi connectivity index (χ2v) is 8.25. The van der Waals surface area contributed by atoms with Crippen molar-refractivity contribution in [1.82, 2.24) is 0 Å². The largest absolute Gasteiger partial charge is 0.491 e. The quantitative estimate of drug-likeness (QED) is 0.404. The van der Waals surface area contributed by atoms with Crippen LogP contribution in [0.4, 0.5) is 8.78 Å². The molecule has 1 aromatic rings. The minimum Gasteiger partial charge on any atom is -0.491 e. The van der Waals surface area contributed by atoms with Crippen molar-refractivity contribution in [3.05, 3.63) is 41.5 Å². The molecule has 2 aliphatic rings. The number of hydrogen-bond acceptors (Lipinski definition) is 1. The molecular weight excluding hydrogens is 354 g/mol. The van der Waals surface area contributed by atoms with Gasteiger partial charge < -0.3 is 4.74 Å². The van der Waals surface area contributed by atoms with Gasteiger partial charge in [-0.1, -0.05) is 24.0 Å². The van der Waals surface area contributed by atoms with E-state index in [1.807, 2.05) is 0 Å². The Morgan fingerprint density at radius 2 is 1.61 bits per heavy atom. The Bertz CT molecular complexity index is 727. The molecule has 0 saturated heterocycles. The standard InChI is InChI=1S/C25H32F2O/c1-3-5-18-6-11-20(12-7-18)21-13-8-19(9-14-21)10-15-22-16-17-23(28-4-2)25(27)24(22)26/h3,5,16-21H,4,6-9,11-14H2,1-2H3/b5-3+. The lowest BCUT2D eigenvalue weighted by Crippen LogP contribution is -2.25. The third-order valence-electron chi connectivity index (χ3n) is 6.48. The Balaban J connectivity index is 1.52. The predicted molar refractivity (Wildman–Crippen MR) is 110 cm³/mol. The fourth-order valence-corrected chi connectivity index (χ4v) is 4.89. The zero-order chi connectivity index (χ0) is 19.9. The molecule has 0 radical (unpaired) electrons. The highest BCUT2D eigenvalue weighted by atomic mass is 19.2. The molecule has 0 aliphatic heterocycles. The first-order valence-electron chi connectivity index (χ1n) is 10.9. The van der Waals surface area contributed by atoms with Crippen LogP contribution in [0.15, 0.2) is 24.3 Å². The van der Waals surface area contributed by atoms with Crippen LogP contribution in [0, 0.1) is 47.1 Å². The third-order valence-corrected chi connectivity index (χ3v) is 6.48. The van der Waals surface area contributed by atoms with Crippen molar-refractivity contribution in [3.8, 4) is 17.6 Å². The van der Waals surface area contributed by atoms with Crippen molar-refractivity contribution in [2.45, 2.75) is 65.2 Å². The van der Waals surface area contributed by atoms with Crippen LogP contribution in [0.1, 0.15) is 70.8 Å². The molecule has 3 rings (SSSR count). The topological polar surface area (TPSA) is 9.23 Å². The minimum atomic E-state index is -0.939. The summed E-state index contributed by atoms with van der Waals surface area (Å²) in [5, 5.41) is 0. The Labute approximate surface area is 168 Å². The molecule has 0 atom stereocenters. The third kappa shape index (κ3) is 5.16. The molecule has 2 aliphatic carbocycles. The Kier molecular flexibility index (Phi) is 7.54. The zero-order valence-electron chi connectivity index (χ0n) is 17.1. The lowest BCUT2D eigenvalue weighted by Gasteiger charge is -2.36. The molecule has 152 valence electrons. The first-order valence-corrected chi connectivity index (χ1v) is 10.9. The number of halogens is 2. The van der Waals surface area contributed by atoms with E-state index in [9.17, 15) is 8.78 Å². The van der Waals surface area contributed by atoms with Crippen molar-refractivity contribution in [1.29, 1.82) is 0 Å². The van der Waals surface area contributed by atoms with Crippen molar-refractivity contribution in [2.24, 2.45) is 23.7 Å². The molecule has 0 N–H and O–H groups in total. The van der Waals surface area contributed by atoms with Crippen LogP contribution >= 0.6 is 0 Å². The zero-order valence-corrected chi connectivity index (χ0v) is 17.1. The number of ether oxygens (including phenoxy) is 1. The molecule has 2 fully saturated rings. The normalized spacial score (nSPS) is 28.0. The summed E-state index contributed by atoms with van der Waals surface area (Å²) in [6.45, 7) is 4.17. The molecule has 28 heavy (non-hydrogen) atoms. The van der Waals surface area contributed by atoms with Gasteiger partial charge in [0.05, 0.1) is 12.2 Å². The monoisotopic (exact) mass is 386 g/mol. The maximum absolute atomic E-state index is 14.2. The maximum Gasteiger partial charge on any atom is 0.201 e. The molecule has 2 saturated carbocycles. The number of allylic oxidation sites excluding steroid dienone is 2. The van der Waals surface area contributed by atoms with Crippen molar-refractivity contribution < 1.29 is 13.5 Å². The van der Waals surface area contributed by atoms with Gasteiger partial charge in [0.2, 0.25) is 5.82 Å². The summed E-state index contributed by atoms with van der Waals surface area (Å²) >= 11 is 0. The second kappa shape index (κ2) is 10.1. The summed E-state index contributed by atoms with van der Waals surface area (Å²) in [5.74, 6) is 6.97. The van der Waals surface area contributed by atoms with Gasteiger partial charge in [0, 0.05) is 5.92 Å². The molecule has 0 spiro atoms. The highest BCUT2D eigenvalue weighted by Gasteiger charge is 2.29. The molecule has 1 aromatic carbocycles. The summed E-state index contributed by atoms with van der Waals surface area (Å²) in [6, 6.07) is 2.98. The van der Waals surface area contributed by atoms with E-state index in [2.05, 4.69) is 30.9 Å². The van der Waals surface area contributed by atoms with E-state index in [0.717, 1.165) is 30.6 Å². The highest BCUT2D eigenvalue weighted by molar-refractivity contribution is 5.41. The number of rotatable bonds is 4. The van der Waals surface area contributed by atoms with Crippen LogP contribution in [0.3, 0.4) is 0 Å². The predicted octanol–water partition coefficient (Wildman–Crippen LogP) is 6.90. The lowest BCUT2D eigenvalue weighted by molar-refractivity contribution is 0.168. The van der Waals surface area contributed by atoms with Gasteiger partial charge >= 0.3 is 0 Å². The average Bonchev–Trinajstić information content (AvgIpc) is 2.72. The first kappa shape index (κ1) is 20.9. The van der Waals surface area contributed by atoms with E-state index in [1.165, 1.54) is 50.7 Å². The van der Waals surface area contributed by atoms with Crippen LogP contribution in [-0.2, 0) is 0 Å². The Morgan fingerprint density at radius 3 is 2.21 bits per heavy atom.